The summed E-state index contributed by atoms with van der Waals surface area (Å²) < 4.78 is 9.99. The van der Waals surface area contributed by atoms with E-state index in [2.05, 4.69) is 0 Å². The largest absolute Gasteiger partial charge is 0.454 e. The summed E-state index contributed by atoms with van der Waals surface area (Å²) in [6, 6.07) is 4.69. The summed E-state index contributed by atoms with van der Waals surface area (Å²) in [5.41, 5.74) is 6.36. The van der Waals surface area contributed by atoms with Gasteiger partial charge >= 0.3 is 5.97 Å². The fourth-order valence-corrected chi connectivity index (χ4v) is 1.46. The first-order chi connectivity index (χ1) is 7.16. The summed E-state index contributed by atoms with van der Waals surface area (Å²) in [5.74, 6) is -0.437. The lowest BCUT2D eigenvalue weighted by atomic mass is 10.2. The molecule has 0 atom stereocenters. The molecule has 0 spiro atoms. The summed E-state index contributed by atoms with van der Waals surface area (Å²) in [6.07, 6.45) is -0.147. The van der Waals surface area contributed by atoms with Gasteiger partial charge in [0.25, 0.3) is 0 Å². The minimum absolute atomic E-state index is 0.147. The summed E-state index contributed by atoms with van der Waals surface area (Å²) in [6.45, 7) is 0.913. The predicted molar refractivity (Wildman–Crippen MR) is 55.9 cm³/mol. The van der Waals surface area contributed by atoms with Crippen LogP contribution in [0.3, 0.4) is 0 Å². The average Bonchev–Trinajstić information content (AvgIpc) is 2.11. The number of carbonyl (C=O) groups is 1. The zero-order valence-corrected chi connectivity index (χ0v) is 8.66. The molecule has 2 N–H and O–H groups in total. The Morgan fingerprint density at radius 1 is 1.53 bits per heavy atom. The second-order valence-electron chi connectivity index (χ2n) is 3.30. The molecule has 2 rings (SSSR count). The van der Waals surface area contributed by atoms with Crippen LogP contribution in [0.2, 0.25) is 5.02 Å². The summed E-state index contributed by atoms with van der Waals surface area (Å²) in [4.78, 5) is 11.6. The number of benzene rings is 1. The van der Waals surface area contributed by atoms with Crippen molar-refractivity contribution in [2.24, 2.45) is 0 Å². The molecule has 0 amide bonds. The van der Waals surface area contributed by atoms with Crippen molar-refractivity contribution in [3.05, 3.63) is 28.8 Å². The lowest BCUT2D eigenvalue weighted by Crippen LogP contribution is -2.37. The molecule has 0 unspecified atom stereocenters. The van der Waals surface area contributed by atoms with E-state index >= 15 is 0 Å². The second kappa shape index (κ2) is 4.08. The van der Waals surface area contributed by atoms with Gasteiger partial charge in [0.15, 0.2) is 0 Å². The standard InChI is InChI=1S/C10H10ClNO3/c11-9-3-6(12)1-2-8(9)10(13)15-7-4-14-5-7/h1-3,7H,4-5,12H2. The number of ether oxygens (including phenoxy) is 2. The van der Waals surface area contributed by atoms with Gasteiger partial charge in [-0.2, -0.15) is 0 Å². The third kappa shape index (κ3) is 2.22. The van der Waals surface area contributed by atoms with Crippen LogP contribution in [0.1, 0.15) is 10.4 Å². The van der Waals surface area contributed by atoms with E-state index in [4.69, 9.17) is 26.8 Å². The molecular formula is C10H10ClNO3. The Hall–Kier alpha value is -1.26. The van der Waals surface area contributed by atoms with Crippen LogP contribution in [0, 0.1) is 0 Å². The number of esters is 1. The number of anilines is 1. The number of hydrogen-bond donors (Lipinski definition) is 1. The number of hydrogen-bond acceptors (Lipinski definition) is 4. The molecule has 1 aliphatic heterocycles. The Kier molecular flexibility index (Phi) is 2.79. The van der Waals surface area contributed by atoms with Crippen LogP contribution in [0.15, 0.2) is 18.2 Å². The van der Waals surface area contributed by atoms with Crippen LogP contribution in [0.5, 0.6) is 0 Å². The molecule has 15 heavy (non-hydrogen) atoms. The van der Waals surface area contributed by atoms with Crippen LogP contribution in [-0.4, -0.2) is 25.3 Å². The normalized spacial score (nSPS) is 15.8. The maximum Gasteiger partial charge on any atom is 0.340 e. The topological polar surface area (TPSA) is 61.6 Å². The Labute approximate surface area is 91.9 Å². The summed E-state index contributed by atoms with van der Waals surface area (Å²) in [7, 11) is 0. The van der Waals surface area contributed by atoms with Crippen LogP contribution in [0.25, 0.3) is 0 Å². The Bertz CT molecular complexity index is 390. The first kappa shape index (κ1) is 10.3. The molecular weight excluding hydrogens is 218 g/mol. The molecule has 4 nitrogen and oxygen atoms in total. The van der Waals surface area contributed by atoms with E-state index in [-0.39, 0.29) is 6.10 Å². The molecule has 0 aromatic heterocycles. The van der Waals surface area contributed by atoms with E-state index in [0.717, 1.165) is 0 Å². The molecule has 1 fully saturated rings. The lowest BCUT2D eigenvalue weighted by Gasteiger charge is -2.25. The highest BCUT2D eigenvalue weighted by Gasteiger charge is 2.24. The highest BCUT2D eigenvalue weighted by atomic mass is 35.5. The molecule has 0 radical (unpaired) electrons. The van der Waals surface area contributed by atoms with Gasteiger partial charge in [-0.15, -0.1) is 0 Å². The molecule has 5 heteroatoms. The van der Waals surface area contributed by atoms with Gasteiger partial charge in [0.05, 0.1) is 23.8 Å². The van der Waals surface area contributed by atoms with Crippen molar-refractivity contribution in [1.29, 1.82) is 0 Å². The van der Waals surface area contributed by atoms with E-state index in [1.165, 1.54) is 6.07 Å². The highest BCUT2D eigenvalue weighted by Crippen LogP contribution is 2.21. The van der Waals surface area contributed by atoms with E-state index in [9.17, 15) is 4.79 Å². The maximum absolute atomic E-state index is 11.6. The van der Waals surface area contributed by atoms with Crippen molar-refractivity contribution >= 4 is 23.3 Å². The van der Waals surface area contributed by atoms with Gasteiger partial charge in [-0.1, -0.05) is 11.6 Å². The number of nitrogens with two attached hydrogens (primary N) is 1. The van der Waals surface area contributed by atoms with Gasteiger partial charge in [-0.05, 0) is 18.2 Å². The molecule has 1 saturated heterocycles. The van der Waals surface area contributed by atoms with E-state index in [1.807, 2.05) is 0 Å². The van der Waals surface area contributed by atoms with Gasteiger partial charge in [-0.25, -0.2) is 4.79 Å². The van der Waals surface area contributed by atoms with Crippen molar-refractivity contribution in [1.82, 2.24) is 0 Å². The summed E-state index contributed by atoms with van der Waals surface area (Å²) in [5, 5.41) is 0.306. The van der Waals surface area contributed by atoms with Crippen LogP contribution in [-0.2, 0) is 9.47 Å². The Morgan fingerprint density at radius 3 is 2.80 bits per heavy atom. The zero-order valence-electron chi connectivity index (χ0n) is 7.90. The molecule has 0 bridgehead atoms. The molecule has 0 aliphatic carbocycles. The number of halogens is 1. The predicted octanol–water partition coefficient (Wildman–Crippen LogP) is 1.48. The molecule has 0 saturated carbocycles. The van der Waals surface area contributed by atoms with Gasteiger partial charge in [0.1, 0.15) is 6.10 Å². The van der Waals surface area contributed by atoms with Crippen molar-refractivity contribution in [2.75, 3.05) is 18.9 Å². The lowest BCUT2D eigenvalue weighted by molar-refractivity contribution is -0.103. The summed E-state index contributed by atoms with van der Waals surface area (Å²) >= 11 is 5.86. The first-order valence-electron chi connectivity index (χ1n) is 4.50. The van der Waals surface area contributed by atoms with Crippen LogP contribution >= 0.6 is 11.6 Å². The number of carbonyl (C=O) groups excluding carboxylic acids is 1. The maximum atomic E-state index is 11.6. The molecule has 1 aliphatic rings. The smallest absolute Gasteiger partial charge is 0.340 e. The highest BCUT2D eigenvalue weighted by molar-refractivity contribution is 6.33. The van der Waals surface area contributed by atoms with Crippen molar-refractivity contribution in [2.45, 2.75) is 6.10 Å². The molecule has 80 valence electrons. The van der Waals surface area contributed by atoms with E-state index in [1.54, 1.807) is 12.1 Å². The van der Waals surface area contributed by atoms with E-state index in [0.29, 0.717) is 29.5 Å². The first-order valence-corrected chi connectivity index (χ1v) is 4.88. The third-order valence-electron chi connectivity index (χ3n) is 2.09. The number of rotatable bonds is 2. The SMILES string of the molecule is Nc1ccc(C(=O)OC2COC2)c(Cl)c1. The number of nitrogen functional groups attached to an aromatic ring is 1. The fraction of sp³-hybridized carbons (Fsp3) is 0.300. The van der Waals surface area contributed by atoms with Gasteiger partial charge < -0.3 is 15.2 Å². The quantitative estimate of drug-likeness (QED) is 0.614. The molecule has 1 aromatic carbocycles. The zero-order chi connectivity index (χ0) is 10.8. The third-order valence-corrected chi connectivity index (χ3v) is 2.41. The van der Waals surface area contributed by atoms with Crippen LogP contribution in [0.4, 0.5) is 5.69 Å². The second-order valence-corrected chi connectivity index (χ2v) is 3.71. The monoisotopic (exact) mass is 227 g/mol. The Balaban J connectivity index is 2.10. The average molecular weight is 228 g/mol. The van der Waals surface area contributed by atoms with Gasteiger partial charge in [0, 0.05) is 5.69 Å². The Morgan fingerprint density at radius 2 is 2.27 bits per heavy atom. The van der Waals surface area contributed by atoms with Gasteiger partial charge in [-0.3, -0.25) is 0 Å². The van der Waals surface area contributed by atoms with Crippen molar-refractivity contribution in [3.8, 4) is 0 Å². The van der Waals surface area contributed by atoms with E-state index < -0.39 is 5.97 Å². The molecule has 1 aromatic rings. The molecule has 1 heterocycles. The minimum atomic E-state index is -0.437. The van der Waals surface area contributed by atoms with Gasteiger partial charge in [0.2, 0.25) is 0 Å². The van der Waals surface area contributed by atoms with Crippen molar-refractivity contribution in [3.63, 3.8) is 0 Å². The van der Waals surface area contributed by atoms with Crippen molar-refractivity contribution < 1.29 is 14.3 Å². The minimum Gasteiger partial charge on any atom is -0.454 e. The van der Waals surface area contributed by atoms with Crippen LogP contribution < -0.4 is 5.73 Å². The fourth-order valence-electron chi connectivity index (χ4n) is 1.19.